The van der Waals surface area contributed by atoms with Crippen molar-refractivity contribution in [1.29, 1.82) is 0 Å². The standard InChI is InChI=1S/C28H33F4NO2/c29-24-7-3-6-21(14-24)18-33(17-19-4-1-2-5-19)26-13-8-20(16-27(34)35)15-25(26)22-9-11-23(12-10-22)28(30,31)32/h3,6-7,9-12,14,19-20,25-26H,1-2,4-5,8,13,15-18H2,(H,34,35)/t20-,25+,26-/m1/s1. The minimum absolute atomic E-state index is 0.0152. The predicted octanol–water partition coefficient (Wildman–Crippen LogP) is 7.26. The van der Waals surface area contributed by atoms with Crippen LogP contribution in [-0.2, 0) is 17.5 Å². The molecule has 190 valence electrons. The predicted molar refractivity (Wildman–Crippen MR) is 126 cm³/mol. The Labute approximate surface area is 204 Å². The Morgan fingerprint density at radius 2 is 1.69 bits per heavy atom. The molecule has 0 aromatic heterocycles. The zero-order valence-corrected chi connectivity index (χ0v) is 19.8. The largest absolute Gasteiger partial charge is 0.481 e. The van der Waals surface area contributed by atoms with Crippen molar-refractivity contribution in [2.24, 2.45) is 11.8 Å². The molecule has 0 unspecified atom stereocenters. The van der Waals surface area contributed by atoms with Crippen molar-refractivity contribution in [3.63, 3.8) is 0 Å². The van der Waals surface area contributed by atoms with Crippen molar-refractivity contribution in [3.05, 3.63) is 71.0 Å². The lowest BCUT2D eigenvalue weighted by molar-refractivity contribution is -0.139. The summed E-state index contributed by atoms with van der Waals surface area (Å²) in [6.07, 6.45) is 2.52. The normalized spacial score (nSPS) is 23.6. The minimum Gasteiger partial charge on any atom is -0.481 e. The molecule has 2 aromatic carbocycles. The Kier molecular flexibility index (Phi) is 8.15. The lowest BCUT2D eigenvalue weighted by Gasteiger charge is -2.44. The molecule has 0 amide bonds. The van der Waals surface area contributed by atoms with E-state index in [2.05, 4.69) is 4.90 Å². The van der Waals surface area contributed by atoms with E-state index in [0.29, 0.717) is 18.9 Å². The van der Waals surface area contributed by atoms with Gasteiger partial charge in [-0.05, 0) is 85.3 Å². The Morgan fingerprint density at radius 3 is 2.31 bits per heavy atom. The van der Waals surface area contributed by atoms with Crippen LogP contribution in [-0.4, -0.2) is 28.6 Å². The van der Waals surface area contributed by atoms with E-state index in [1.807, 2.05) is 6.07 Å². The van der Waals surface area contributed by atoms with Crippen LogP contribution in [0, 0.1) is 17.7 Å². The summed E-state index contributed by atoms with van der Waals surface area (Å²) in [5.74, 6) is -0.674. The molecule has 1 N–H and O–H groups in total. The second kappa shape index (κ2) is 11.1. The Balaban J connectivity index is 1.64. The number of carboxylic acid groups (broad SMARTS) is 1. The van der Waals surface area contributed by atoms with E-state index in [1.165, 1.54) is 18.9 Å². The van der Waals surface area contributed by atoms with Gasteiger partial charge in [0, 0.05) is 25.6 Å². The molecule has 2 aliphatic carbocycles. The van der Waals surface area contributed by atoms with E-state index in [9.17, 15) is 27.5 Å². The highest BCUT2D eigenvalue weighted by Gasteiger charge is 2.38. The number of rotatable bonds is 8. The van der Waals surface area contributed by atoms with Crippen molar-refractivity contribution >= 4 is 5.97 Å². The molecule has 3 nitrogen and oxygen atoms in total. The lowest BCUT2D eigenvalue weighted by atomic mass is 9.72. The first-order valence-electron chi connectivity index (χ1n) is 12.6. The Hall–Kier alpha value is -2.41. The van der Waals surface area contributed by atoms with Crippen LogP contribution in [0.1, 0.15) is 74.0 Å². The molecule has 2 saturated carbocycles. The fourth-order valence-corrected chi connectivity index (χ4v) is 6.10. The summed E-state index contributed by atoms with van der Waals surface area (Å²) in [6.45, 7) is 1.43. The molecule has 0 heterocycles. The van der Waals surface area contributed by atoms with E-state index >= 15 is 0 Å². The molecule has 4 rings (SSSR count). The van der Waals surface area contributed by atoms with Crippen LogP contribution in [0.2, 0.25) is 0 Å². The van der Waals surface area contributed by atoms with Gasteiger partial charge in [-0.2, -0.15) is 13.2 Å². The van der Waals surface area contributed by atoms with Gasteiger partial charge in [0.05, 0.1) is 5.56 Å². The lowest BCUT2D eigenvalue weighted by Crippen LogP contribution is -2.44. The van der Waals surface area contributed by atoms with Gasteiger partial charge in [-0.1, -0.05) is 37.1 Å². The molecule has 0 aliphatic heterocycles. The molecule has 3 atom stereocenters. The van der Waals surface area contributed by atoms with Crippen LogP contribution in [0.3, 0.4) is 0 Å². The minimum atomic E-state index is -4.40. The van der Waals surface area contributed by atoms with Crippen LogP contribution in [0.15, 0.2) is 48.5 Å². The summed E-state index contributed by atoms with van der Waals surface area (Å²) >= 11 is 0. The first-order valence-corrected chi connectivity index (χ1v) is 12.6. The number of alkyl halides is 3. The SMILES string of the molecule is O=C(O)C[C@@H]1CC[C@@H](N(Cc2cccc(F)c2)CC2CCCC2)[C@H](c2ccc(C(F)(F)F)cc2)C1. The number of hydrogen-bond acceptors (Lipinski definition) is 2. The first kappa shape index (κ1) is 25.7. The van der Waals surface area contributed by atoms with Gasteiger partial charge in [-0.25, -0.2) is 4.39 Å². The summed E-state index contributed by atoms with van der Waals surface area (Å²) in [5, 5.41) is 9.36. The van der Waals surface area contributed by atoms with Crippen LogP contribution < -0.4 is 0 Å². The number of carbonyl (C=O) groups is 1. The maximum Gasteiger partial charge on any atom is 0.416 e. The van der Waals surface area contributed by atoms with Crippen molar-refractivity contribution in [1.82, 2.24) is 4.90 Å². The van der Waals surface area contributed by atoms with Crippen molar-refractivity contribution < 1.29 is 27.5 Å². The van der Waals surface area contributed by atoms with Crippen LogP contribution in [0.25, 0.3) is 0 Å². The van der Waals surface area contributed by atoms with Gasteiger partial charge in [-0.15, -0.1) is 0 Å². The second-order valence-electron chi connectivity index (χ2n) is 10.3. The summed E-state index contributed by atoms with van der Waals surface area (Å²) in [6, 6.07) is 12.0. The quantitative estimate of drug-likeness (QED) is 0.395. The Morgan fingerprint density at radius 1 is 0.971 bits per heavy atom. The molecular formula is C28H33F4NO2. The molecule has 0 saturated heterocycles. The van der Waals surface area contributed by atoms with Gasteiger partial charge in [0.1, 0.15) is 5.82 Å². The summed E-state index contributed by atoms with van der Waals surface area (Å²) in [4.78, 5) is 13.8. The number of halogens is 4. The monoisotopic (exact) mass is 491 g/mol. The number of benzene rings is 2. The molecule has 2 fully saturated rings. The zero-order chi connectivity index (χ0) is 25.0. The van der Waals surface area contributed by atoms with Gasteiger partial charge < -0.3 is 5.11 Å². The highest BCUT2D eigenvalue weighted by atomic mass is 19.4. The summed E-state index contributed by atoms with van der Waals surface area (Å²) in [5.41, 5.74) is 1.01. The Bertz CT molecular complexity index is 985. The van der Waals surface area contributed by atoms with E-state index in [0.717, 1.165) is 55.5 Å². The van der Waals surface area contributed by atoms with Crippen molar-refractivity contribution in [3.8, 4) is 0 Å². The van der Waals surface area contributed by atoms with Crippen LogP contribution in [0.5, 0.6) is 0 Å². The number of carboxylic acids is 1. The highest BCUT2D eigenvalue weighted by molar-refractivity contribution is 5.67. The second-order valence-corrected chi connectivity index (χ2v) is 10.3. The molecular weight excluding hydrogens is 458 g/mol. The third-order valence-corrected chi connectivity index (χ3v) is 7.76. The number of hydrogen-bond donors (Lipinski definition) is 1. The van der Waals surface area contributed by atoms with Gasteiger partial charge in [-0.3, -0.25) is 9.69 Å². The third kappa shape index (κ3) is 6.84. The molecule has 0 spiro atoms. The molecule has 0 bridgehead atoms. The molecule has 0 radical (unpaired) electrons. The van der Waals surface area contributed by atoms with Crippen molar-refractivity contribution in [2.75, 3.05) is 6.54 Å². The van der Waals surface area contributed by atoms with Crippen LogP contribution in [0.4, 0.5) is 17.6 Å². The average molecular weight is 492 g/mol. The van der Waals surface area contributed by atoms with E-state index in [1.54, 1.807) is 24.3 Å². The fraction of sp³-hybridized carbons (Fsp3) is 0.536. The third-order valence-electron chi connectivity index (χ3n) is 7.76. The van der Waals surface area contributed by atoms with Gasteiger partial charge in [0.15, 0.2) is 0 Å². The number of nitrogens with zero attached hydrogens (tertiary/aromatic N) is 1. The zero-order valence-electron chi connectivity index (χ0n) is 19.8. The van der Waals surface area contributed by atoms with Crippen LogP contribution >= 0.6 is 0 Å². The first-order chi connectivity index (χ1) is 16.7. The van der Waals surface area contributed by atoms with E-state index < -0.39 is 17.7 Å². The highest BCUT2D eigenvalue weighted by Crippen LogP contribution is 2.42. The summed E-state index contributed by atoms with van der Waals surface area (Å²) < 4.78 is 53.5. The van der Waals surface area contributed by atoms with Crippen molar-refractivity contribution in [2.45, 2.75) is 76.0 Å². The molecule has 2 aliphatic rings. The average Bonchev–Trinajstić information content (AvgIpc) is 3.31. The van der Waals surface area contributed by atoms with E-state index in [-0.39, 0.29) is 30.1 Å². The fourth-order valence-electron chi connectivity index (χ4n) is 6.10. The number of aliphatic carboxylic acids is 1. The van der Waals surface area contributed by atoms with Gasteiger partial charge in [0.2, 0.25) is 0 Å². The smallest absolute Gasteiger partial charge is 0.416 e. The topological polar surface area (TPSA) is 40.5 Å². The molecule has 2 aromatic rings. The van der Waals surface area contributed by atoms with E-state index in [4.69, 9.17) is 0 Å². The molecule has 35 heavy (non-hydrogen) atoms. The maximum atomic E-state index is 13.9. The van der Waals surface area contributed by atoms with Gasteiger partial charge in [0.25, 0.3) is 0 Å². The maximum absolute atomic E-state index is 13.9. The summed E-state index contributed by atoms with van der Waals surface area (Å²) in [7, 11) is 0. The van der Waals surface area contributed by atoms with Gasteiger partial charge >= 0.3 is 12.1 Å². The molecule has 7 heteroatoms.